The largest absolute Gasteiger partial charge is 0.382 e. The van der Waals surface area contributed by atoms with Gasteiger partial charge in [0.2, 0.25) is 0 Å². The van der Waals surface area contributed by atoms with Gasteiger partial charge in [0.25, 0.3) is 0 Å². The first-order valence-corrected chi connectivity index (χ1v) is 8.99. The van der Waals surface area contributed by atoms with E-state index >= 15 is 0 Å². The maximum atomic E-state index is 6.18. The molecule has 1 fully saturated rings. The van der Waals surface area contributed by atoms with E-state index in [9.17, 15) is 0 Å². The van der Waals surface area contributed by atoms with Gasteiger partial charge in [0.15, 0.2) is 5.96 Å². The van der Waals surface area contributed by atoms with Crippen molar-refractivity contribution in [2.75, 3.05) is 39.5 Å². The summed E-state index contributed by atoms with van der Waals surface area (Å²) < 4.78 is 10.9. The van der Waals surface area contributed by atoms with Crippen molar-refractivity contribution >= 4 is 17.6 Å². The van der Waals surface area contributed by atoms with Gasteiger partial charge < -0.3 is 20.5 Å². The minimum Gasteiger partial charge on any atom is -0.382 e. The number of hydrogen-bond donors (Lipinski definition) is 2. The number of rotatable bonds is 8. The number of hydrogen-bond acceptors (Lipinski definition) is 3. The molecule has 0 aromatic heterocycles. The van der Waals surface area contributed by atoms with E-state index in [4.69, 9.17) is 26.8 Å². The van der Waals surface area contributed by atoms with Gasteiger partial charge in [-0.2, -0.15) is 0 Å². The first kappa shape index (κ1) is 19.0. The van der Waals surface area contributed by atoms with Crippen LogP contribution in [0, 0.1) is 0 Å². The molecule has 0 saturated carbocycles. The van der Waals surface area contributed by atoms with Gasteiger partial charge in [0.1, 0.15) is 0 Å². The minimum atomic E-state index is -0.0548. The molecule has 3 N–H and O–H groups in total. The van der Waals surface area contributed by atoms with Crippen molar-refractivity contribution in [1.82, 2.24) is 5.32 Å². The molecule has 1 saturated heterocycles. The van der Waals surface area contributed by atoms with Gasteiger partial charge in [0.05, 0.1) is 6.54 Å². The molecule has 1 aromatic carbocycles. The first-order valence-electron chi connectivity index (χ1n) is 8.61. The van der Waals surface area contributed by atoms with E-state index in [0.717, 1.165) is 57.3 Å². The molecule has 0 spiro atoms. The summed E-state index contributed by atoms with van der Waals surface area (Å²) in [6.45, 7) is 6.36. The summed E-state index contributed by atoms with van der Waals surface area (Å²) in [5.41, 5.74) is 7.17. The average Bonchev–Trinajstić information content (AvgIpc) is 2.61. The lowest BCUT2D eigenvalue weighted by atomic mass is 9.74. The van der Waals surface area contributed by atoms with Crippen LogP contribution in [0.2, 0.25) is 5.02 Å². The van der Waals surface area contributed by atoms with Crippen molar-refractivity contribution < 1.29 is 9.47 Å². The van der Waals surface area contributed by atoms with E-state index in [1.165, 1.54) is 5.56 Å². The molecule has 2 rings (SSSR count). The lowest BCUT2D eigenvalue weighted by molar-refractivity contribution is 0.0531. The summed E-state index contributed by atoms with van der Waals surface area (Å²) in [7, 11) is 0. The standard InChI is InChI=1S/C18H28ClN3O2/c1-2-23-10-4-9-21-17(20)22-14-18(7-11-24-12-8-18)15-5-3-6-16(19)13-15/h3,5-6,13H,2,4,7-12,14H2,1H3,(H3,20,21,22). The normalized spacial score (nSPS) is 17.7. The van der Waals surface area contributed by atoms with Crippen LogP contribution in [0.3, 0.4) is 0 Å². The van der Waals surface area contributed by atoms with Crippen molar-refractivity contribution in [2.24, 2.45) is 10.7 Å². The zero-order valence-corrected chi connectivity index (χ0v) is 15.1. The summed E-state index contributed by atoms with van der Waals surface area (Å²) in [5, 5.41) is 3.91. The quantitative estimate of drug-likeness (QED) is 0.428. The number of halogens is 1. The third-order valence-corrected chi connectivity index (χ3v) is 4.65. The zero-order chi connectivity index (χ0) is 17.3. The van der Waals surface area contributed by atoms with Crippen LogP contribution in [0.15, 0.2) is 29.3 Å². The van der Waals surface area contributed by atoms with E-state index in [1.807, 2.05) is 25.1 Å². The smallest absolute Gasteiger partial charge is 0.188 e. The van der Waals surface area contributed by atoms with Gasteiger partial charge in [0, 0.05) is 43.4 Å². The molecule has 0 amide bonds. The zero-order valence-electron chi connectivity index (χ0n) is 14.4. The van der Waals surface area contributed by atoms with Gasteiger partial charge in [-0.05, 0) is 43.9 Å². The molecule has 5 nitrogen and oxygen atoms in total. The minimum absolute atomic E-state index is 0.0548. The molecule has 0 unspecified atom stereocenters. The summed E-state index contributed by atoms with van der Waals surface area (Å²) in [6.07, 6.45) is 2.76. The van der Waals surface area contributed by atoms with Crippen LogP contribution in [0.1, 0.15) is 31.7 Å². The Hall–Kier alpha value is -1.30. The average molecular weight is 354 g/mol. The Labute approximate surface area is 149 Å². The fraction of sp³-hybridized carbons (Fsp3) is 0.611. The molecule has 1 aromatic rings. The summed E-state index contributed by atoms with van der Waals surface area (Å²) in [4.78, 5) is 4.59. The molecule has 0 radical (unpaired) electrons. The molecule has 1 heterocycles. The Bertz CT molecular complexity index is 531. The van der Waals surface area contributed by atoms with Crippen LogP contribution < -0.4 is 11.1 Å². The van der Waals surface area contributed by atoms with Crippen LogP contribution in [-0.2, 0) is 14.9 Å². The summed E-state index contributed by atoms with van der Waals surface area (Å²) in [6, 6.07) is 8.05. The van der Waals surface area contributed by atoms with Gasteiger partial charge in [-0.25, -0.2) is 0 Å². The van der Waals surface area contributed by atoms with Crippen LogP contribution in [-0.4, -0.2) is 45.5 Å². The van der Waals surface area contributed by atoms with Crippen molar-refractivity contribution in [2.45, 2.75) is 31.6 Å². The third-order valence-electron chi connectivity index (χ3n) is 4.41. The van der Waals surface area contributed by atoms with Crippen LogP contribution in [0.4, 0.5) is 0 Å². The predicted octanol–water partition coefficient (Wildman–Crippen LogP) is 2.72. The second kappa shape index (κ2) is 9.87. The van der Waals surface area contributed by atoms with Crippen LogP contribution >= 0.6 is 11.6 Å². The number of nitrogens with one attached hydrogen (secondary N) is 1. The Morgan fingerprint density at radius 1 is 1.42 bits per heavy atom. The monoisotopic (exact) mass is 353 g/mol. The van der Waals surface area contributed by atoms with Crippen LogP contribution in [0.25, 0.3) is 0 Å². The number of aliphatic imine (C=N–C) groups is 1. The highest BCUT2D eigenvalue weighted by atomic mass is 35.5. The second-order valence-electron chi connectivity index (χ2n) is 6.08. The summed E-state index contributed by atoms with van der Waals surface area (Å²) >= 11 is 6.18. The SMILES string of the molecule is CCOCCCNC(N)=NCC1(c2cccc(Cl)c2)CCOCC1. The fourth-order valence-electron chi connectivity index (χ4n) is 2.95. The molecule has 24 heavy (non-hydrogen) atoms. The molecular weight excluding hydrogens is 326 g/mol. The van der Waals surface area contributed by atoms with E-state index in [-0.39, 0.29) is 5.41 Å². The highest BCUT2D eigenvalue weighted by molar-refractivity contribution is 6.30. The Morgan fingerprint density at radius 3 is 2.92 bits per heavy atom. The van der Waals surface area contributed by atoms with Gasteiger partial charge in [-0.1, -0.05) is 23.7 Å². The third kappa shape index (κ3) is 5.65. The highest BCUT2D eigenvalue weighted by Gasteiger charge is 2.34. The highest BCUT2D eigenvalue weighted by Crippen LogP contribution is 2.36. The van der Waals surface area contributed by atoms with Crippen molar-refractivity contribution in [1.29, 1.82) is 0 Å². The number of guanidine groups is 1. The molecular formula is C18H28ClN3O2. The van der Waals surface area contributed by atoms with Crippen molar-refractivity contribution in [3.05, 3.63) is 34.9 Å². The van der Waals surface area contributed by atoms with Crippen molar-refractivity contribution in [3.8, 4) is 0 Å². The first-order chi connectivity index (χ1) is 11.7. The van der Waals surface area contributed by atoms with E-state index in [1.54, 1.807) is 0 Å². The van der Waals surface area contributed by atoms with E-state index < -0.39 is 0 Å². The molecule has 0 aliphatic carbocycles. The lowest BCUT2D eigenvalue weighted by Crippen LogP contribution is -2.39. The molecule has 0 atom stereocenters. The van der Waals surface area contributed by atoms with Gasteiger partial charge >= 0.3 is 0 Å². The lowest BCUT2D eigenvalue weighted by Gasteiger charge is -2.36. The van der Waals surface area contributed by atoms with Crippen molar-refractivity contribution in [3.63, 3.8) is 0 Å². The fourth-order valence-corrected chi connectivity index (χ4v) is 3.14. The predicted molar refractivity (Wildman–Crippen MR) is 98.8 cm³/mol. The van der Waals surface area contributed by atoms with E-state index in [0.29, 0.717) is 12.5 Å². The van der Waals surface area contributed by atoms with Gasteiger partial charge in [-0.15, -0.1) is 0 Å². The van der Waals surface area contributed by atoms with Crippen LogP contribution in [0.5, 0.6) is 0 Å². The molecule has 134 valence electrons. The van der Waals surface area contributed by atoms with Gasteiger partial charge in [-0.3, -0.25) is 4.99 Å². The Morgan fingerprint density at radius 2 is 2.21 bits per heavy atom. The maximum Gasteiger partial charge on any atom is 0.188 e. The van der Waals surface area contributed by atoms with E-state index in [2.05, 4.69) is 16.4 Å². The summed E-state index contributed by atoms with van der Waals surface area (Å²) in [5.74, 6) is 0.486. The molecule has 1 aliphatic heterocycles. The molecule has 1 aliphatic rings. The number of ether oxygens (including phenoxy) is 2. The Balaban J connectivity index is 1.97. The number of benzene rings is 1. The molecule has 0 bridgehead atoms. The number of nitrogens with zero attached hydrogens (tertiary/aromatic N) is 1. The topological polar surface area (TPSA) is 68.9 Å². The molecule has 6 heteroatoms. The second-order valence-corrected chi connectivity index (χ2v) is 6.52. The number of nitrogens with two attached hydrogens (primary N) is 1. The Kier molecular flexibility index (Phi) is 7.82. The maximum absolute atomic E-state index is 6.18.